The predicted molar refractivity (Wildman–Crippen MR) is 158 cm³/mol. The summed E-state index contributed by atoms with van der Waals surface area (Å²) in [5.74, 6) is 0.562. The smallest absolute Gasteiger partial charge is 0.404 e. The van der Waals surface area contributed by atoms with E-state index >= 15 is 0 Å². The van der Waals surface area contributed by atoms with E-state index in [0.29, 0.717) is 41.1 Å². The van der Waals surface area contributed by atoms with Crippen LogP contribution in [0.2, 0.25) is 0 Å². The molecule has 4 heterocycles. The Balaban J connectivity index is 1.03. The molecule has 2 aliphatic heterocycles. The molecule has 11 heteroatoms. The van der Waals surface area contributed by atoms with Gasteiger partial charge in [0.05, 0.1) is 41.4 Å². The molecule has 1 saturated heterocycles. The van der Waals surface area contributed by atoms with Gasteiger partial charge in [-0.2, -0.15) is 0 Å². The van der Waals surface area contributed by atoms with Gasteiger partial charge in [-0.15, -0.1) is 0 Å². The molecule has 6 aliphatic rings. The van der Waals surface area contributed by atoms with E-state index in [0.717, 1.165) is 25.7 Å². The van der Waals surface area contributed by atoms with Gasteiger partial charge in [0.1, 0.15) is 5.65 Å². The highest BCUT2D eigenvalue weighted by Gasteiger charge is 2.69. The number of pyridine rings is 1. The van der Waals surface area contributed by atoms with E-state index in [-0.39, 0.29) is 47.3 Å². The molecule has 2 amide bonds. The monoisotopic (exact) mass is 575 g/mol. The van der Waals surface area contributed by atoms with Gasteiger partial charge >= 0.3 is 7.12 Å². The first-order valence-corrected chi connectivity index (χ1v) is 15.6. The van der Waals surface area contributed by atoms with Crippen molar-refractivity contribution < 1.29 is 23.7 Å². The number of amides is 2. The SMILES string of the molecule is CC(C)C[C@H](NC(=O)C12CCCC1C(CNC(=O)c1cccn3ccnc13)=NO2)B1O[C@@H]2C[C@@H]3C[C@@H](C3(C)C)[C@]2(C)O1. The molecule has 2 N–H and O–H groups in total. The van der Waals surface area contributed by atoms with Crippen LogP contribution in [0.1, 0.15) is 83.5 Å². The first kappa shape index (κ1) is 27.9. The van der Waals surface area contributed by atoms with Crippen molar-refractivity contribution in [2.45, 2.75) is 96.4 Å². The predicted octanol–water partition coefficient (Wildman–Crippen LogP) is 3.79. The fraction of sp³-hybridized carbons (Fsp3) is 0.677. The second kappa shape index (κ2) is 9.81. The minimum absolute atomic E-state index is 0.0531. The molecule has 2 unspecified atom stereocenters. The lowest BCUT2D eigenvalue weighted by molar-refractivity contribution is -0.199. The Hall–Kier alpha value is -2.92. The summed E-state index contributed by atoms with van der Waals surface area (Å²) in [6, 6.07) is 3.57. The number of hydrogen-bond acceptors (Lipinski definition) is 7. The maximum atomic E-state index is 14.1. The first-order chi connectivity index (χ1) is 20.0. The zero-order valence-corrected chi connectivity index (χ0v) is 25.3. The molecule has 2 aromatic heterocycles. The van der Waals surface area contributed by atoms with Crippen LogP contribution in [-0.2, 0) is 18.9 Å². The third-order valence-corrected chi connectivity index (χ3v) is 11.1. The van der Waals surface area contributed by atoms with Crippen molar-refractivity contribution in [1.82, 2.24) is 20.0 Å². The van der Waals surface area contributed by atoms with Crippen LogP contribution in [-0.4, -0.2) is 63.8 Å². The van der Waals surface area contributed by atoms with Gasteiger partial charge in [-0.1, -0.05) is 32.9 Å². The normalized spacial score (nSPS) is 34.8. The Labute approximate surface area is 247 Å². The fourth-order valence-electron chi connectivity index (χ4n) is 8.69. The van der Waals surface area contributed by atoms with E-state index in [1.165, 1.54) is 6.42 Å². The lowest BCUT2D eigenvalue weighted by atomic mass is 9.43. The Morgan fingerprint density at radius 2 is 2.05 bits per heavy atom. The summed E-state index contributed by atoms with van der Waals surface area (Å²) in [5.41, 5.74) is 0.618. The number of rotatable bonds is 8. The number of hydrogen-bond donors (Lipinski definition) is 2. The van der Waals surface area contributed by atoms with Crippen molar-refractivity contribution in [3.05, 3.63) is 36.3 Å². The van der Waals surface area contributed by atoms with Gasteiger partial charge in [-0.05, 0) is 80.8 Å². The molecule has 5 fully saturated rings. The quantitative estimate of drug-likeness (QED) is 0.463. The number of fused-ring (bicyclic) bond motifs is 2. The highest BCUT2D eigenvalue weighted by atomic mass is 16.7. The maximum Gasteiger partial charge on any atom is 0.481 e. The van der Waals surface area contributed by atoms with Crippen molar-refractivity contribution in [2.24, 2.45) is 34.2 Å². The molecular formula is C31H42BN5O5. The van der Waals surface area contributed by atoms with Gasteiger partial charge < -0.3 is 29.2 Å². The molecule has 0 aromatic carbocycles. The van der Waals surface area contributed by atoms with E-state index in [1.807, 2.05) is 16.7 Å². The minimum atomic E-state index is -1.07. The third-order valence-electron chi connectivity index (χ3n) is 11.1. The van der Waals surface area contributed by atoms with Crippen LogP contribution in [0.5, 0.6) is 0 Å². The van der Waals surface area contributed by atoms with E-state index in [4.69, 9.17) is 14.1 Å². The van der Waals surface area contributed by atoms with E-state index in [2.05, 4.69) is 55.4 Å². The highest BCUT2D eigenvalue weighted by molar-refractivity contribution is 6.48. The summed E-state index contributed by atoms with van der Waals surface area (Å²) in [7, 11) is -0.496. The van der Waals surface area contributed by atoms with E-state index in [9.17, 15) is 9.59 Å². The molecule has 10 nitrogen and oxygen atoms in total. The van der Waals surface area contributed by atoms with Crippen molar-refractivity contribution in [3.8, 4) is 0 Å². The van der Waals surface area contributed by atoms with Crippen LogP contribution in [0.25, 0.3) is 5.65 Å². The van der Waals surface area contributed by atoms with Gasteiger partial charge in [0.2, 0.25) is 5.60 Å². The van der Waals surface area contributed by atoms with Gasteiger partial charge in [0, 0.05) is 18.6 Å². The van der Waals surface area contributed by atoms with E-state index < -0.39 is 12.7 Å². The zero-order chi connectivity index (χ0) is 29.4. The molecular weight excluding hydrogens is 533 g/mol. The number of nitrogens with zero attached hydrogens (tertiary/aromatic N) is 3. The molecule has 0 spiro atoms. The third kappa shape index (κ3) is 4.13. The highest BCUT2D eigenvalue weighted by Crippen LogP contribution is 2.65. The second-order valence-electron chi connectivity index (χ2n) is 14.3. The summed E-state index contributed by atoms with van der Waals surface area (Å²) in [6.45, 7) is 11.4. The largest absolute Gasteiger partial charge is 0.481 e. The summed E-state index contributed by atoms with van der Waals surface area (Å²) in [4.78, 5) is 37.4. The summed E-state index contributed by atoms with van der Waals surface area (Å²) in [6.07, 6.45) is 10.5. The van der Waals surface area contributed by atoms with E-state index in [1.54, 1.807) is 18.5 Å². The molecule has 7 atom stereocenters. The first-order valence-electron chi connectivity index (χ1n) is 15.6. The average molecular weight is 576 g/mol. The van der Waals surface area contributed by atoms with Crippen LogP contribution in [0.15, 0.2) is 35.9 Å². The Morgan fingerprint density at radius 1 is 1.21 bits per heavy atom. The summed E-state index contributed by atoms with van der Waals surface area (Å²) >= 11 is 0. The number of oxime groups is 1. The van der Waals surface area contributed by atoms with Crippen molar-refractivity contribution in [2.75, 3.05) is 6.54 Å². The van der Waals surface area contributed by atoms with Crippen molar-refractivity contribution in [3.63, 3.8) is 0 Å². The van der Waals surface area contributed by atoms with Gasteiger partial charge in [0.15, 0.2) is 0 Å². The number of imidazole rings is 1. The van der Waals surface area contributed by atoms with Crippen LogP contribution < -0.4 is 10.6 Å². The van der Waals surface area contributed by atoms with Crippen molar-refractivity contribution in [1.29, 1.82) is 0 Å². The van der Waals surface area contributed by atoms with Gasteiger partial charge in [-0.3, -0.25) is 9.59 Å². The van der Waals surface area contributed by atoms with Crippen LogP contribution in [0, 0.1) is 29.1 Å². The average Bonchev–Trinajstić information content (AvgIpc) is 3.72. The molecule has 0 radical (unpaired) electrons. The molecule has 224 valence electrons. The molecule has 8 rings (SSSR count). The van der Waals surface area contributed by atoms with Gasteiger partial charge in [0.25, 0.3) is 11.8 Å². The van der Waals surface area contributed by atoms with Gasteiger partial charge in [-0.25, -0.2) is 4.98 Å². The second-order valence-corrected chi connectivity index (χ2v) is 14.3. The lowest BCUT2D eigenvalue weighted by Crippen LogP contribution is -2.65. The molecule has 4 saturated carbocycles. The van der Waals surface area contributed by atoms with Crippen LogP contribution >= 0.6 is 0 Å². The minimum Gasteiger partial charge on any atom is -0.404 e. The molecule has 4 aliphatic carbocycles. The number of aromatic nitrogens is 2. The Morgan fingerprint density at radius 3 is 2.83 bits per heavy atom. The number of nitrogens with one attached hydrogen (secondary N) is 2. The Bertz CT molecular complexity index is 1440. The molecule has 2 bridgehead atoms. The number of carbonyl (C=O) groups excluding carboxylic acids is 2. The zero-order valence-electron chi connectivity index (χ0n) is 25.3. The molecule has 42 heavy (non-hydrogen) atoms. The van der Waals surface area contributed by atoms with Crippen LogP contribution in [0.4, 0.5) is 0 Å². The fourth-order valence-corrected chi connectivity index (χ4v) is 8.69. The lowest BCUT2D eigenvalue weighted by Gasteiger charge is -2.64. The maximum absolute atomic E-state index is 14.1. The van der Waals surface area contributed by atoms with Crippen molar-refractivity contribution >= 4 is 30.3 Å². The molecule has 2 aromatic rings. The van der Waals surface area contributed by atoms with Crippen LogP contribution in [0.3, 0.4) is 0 Å². The number of carbonyl (C=O) groups is 2. The summed E-state index contributed by atoms with van der Waals surface area (Å²) in [5, 5.41) is 10.6. The standard InChI is InChI=1S/C31H42BN5O5/c1-18(2)14-25(32-40-24-16-19-15-23(29(19,3)4)30(24,5)41-32)35-28(39)31-10-6-9-21(31)22(36-42-31)17-34-27(38)20-8-7-12-37-13-11-33-26(20)37/h7-8,11-13,18-19,21,23-25H,6,9-10,14-17H2,1-5H3,(H,34,38)(H,35,39)/t19-,21?,23-,24+,25-,30-,31?/m0/s1. The topological polar surface area (TPSA) is 116 Å². The Kier molecular flexibility index (Phi) is 6.51. The summed E-state index contributed by atoms with van der Waals surface area (Å²) < 4.78 is 15.2.